The lowest BCUT2D eigenvalue weighted by Gasteiger charge is -2.51. The van der Waals surface area contributed by atoms with Gasteiger partial charge in [0.1, 0.15) is 17.0 Å². The van der Waals surface area contributed by atoms with E-state index in [4.69, 9.17) is 0 Å². The van der Waals surface area contributed by atoms with Crippen molar-refractivity contribution in [2.24, 2.45) is 7.05 Å². The molecule has 0 radical (unpaired) electrons. The molecule has 5 rings (SSSR count). The van der Waals surface area contributed by atoms with E-state index in [2.05, 4.69) is 16.9 Å². The smallest absolute Gasteiger partial charge is 0.307 e. The number of carbonyl (C=O) groups is 3. The van der Waals surface area contributed by atoms with Gasteiger partial charge < -0.3 is 4.90 Å². The Morgan fingerprint density at radius 3 is 2.25 bits per heavy atom. The molecule has 2 aliphatic heterocycles. The molecule has 1 atom stereocenters. The van der Waals surface area contributed by atoms with Crippen LogP contribution in [0.25, 0.3) is 0 Å². The van der Waals surface area contributed by atoms with Gasteiger partial charge in [-0.15, -0.1) is 0 Å². The maximum atomic E-state index is 15.1. The van der Waals surface area contributed by atoms with E-state index in [-0.39, 0.29) is 18.7 Å². The summed E-state index contributed by atoms with van der Waals surface area (Å²) >= 11 is 0. The highest BCUT2D eigenvalue weighted by molar-refractivity contribution is 6.20. The molecule has 0 spiro atoms. The second kappa shape index (κ2) is 8.61. The molecule has 3 heterocycles. The highest BCUT2D eigenvalue weighted by Gasteiger charge is 2.56. The molecule has 2 aromatic carbocycles. The Bertz CT molecular complexity index is 1440. The molecule has 1 aromatic heterocycles. The van der Waals surface area contributed by atoms with Crippen molar-refractivity contribution in [3.8, 4) is 11.8 Å². The van der Waals surface area contributed by atoms with E-state index in [9.17, 15) is 14.4 Å². The van der Waals surface area contributed by atoms with Crippen molar-refractivity contribution in [2.45, 2.75) is 18.9 Å². The summed E-state index contributed by atoms with van der Waals surface area (Å²) in [6, 6.07) is 11.6. The minimum Gasteiger partial charge on any atom is -0.307 e. The van der Waals surface area contributed by atoms with Gasteiger partial charge in [0.05, 0.1) is 12.6 Å². The van der Waals surface area contributed by atoms with Crippen LogP contribution >= 0.6 is 0 Å². The van der Waals surface area contributed by atoms with Crippen LogP contribution in [-0.2, 0) is 16.6 Å². The summed E-state index contributed by atoms with van der Waals surface area (Å²) in [5.74, 6) is 2.48. The normalized spacial score (nSPS) is 19.8. The second-order valence-corrected chi connectivity index (χ2v) is 8.79. The van der Waals surface area contributed by atoms with Gasteiger partial charge in [-0.25, -0.2) is 18.5 Å². The summed E-state index contributed by atoms with van der Waals surface area (Å²) < 4.78 is 31.7. The zero-order valence-electron chi connectivity index (χ0n) is 19.5. The van der Waals surface area contributed by atoms with Gasteiger partial charge in [-0.1, -0.05) is 30.0 Å². The first-order valence-electron chi connectivity index (χ1n) is 11.2. The largest absolute Gasteiger partial charge is 0.332 e. The van der Waals surface area contributed by atoms with Crippen molar-refractivity contribution < 1.29 is 23.2 Å². The standard InChI is InChI=1S/C26H21F2N5O3/c1-26-16-22(34)33(25(36)32(26)13-12-31(24(26)35)21-10-11-29-30(21)2)23-19(27)14-18(15-20(23)28)9-8-17-6-4-3-5-7-17/h3-7,10-11,14-15H,12-13,16H2,1-2H3/t26-/m0/s1. The lowest BCUT2D eigenvalue weighted by Crippen LogP contribution is -2.73. The van der Waals surface area contributed by atoms with E-state index < -0.39 is 47.1 Å². The van der Waals surface area contributed by atoms with E-state index >= 15 is 8.78 Å². The van der Waals surface area contributed by atoms with Gasteiger partial charge in [-0.3, -0.25) is 19.2 Å². The molecule has 0 saturated carbocycles. The maximum Gasteiger partial charge on any atom is 0.332 e. The number of hydrogen-bond acceptors (Lipinski definition) is 4. The van der Waals surface area contributed by atoms with Crippen molar-refractivity contribution in [3.05, 3.63) is 77.5 Å². The van der Waals surface area contributed by atoms with Crippen LogP contribution in [0.2, 0.25) is 0 Å². The highest BCUT2D eigenvalue weighted by Crippen LogP contribution is 2.37. The fourth-order valence-electron chi connectivity index (χ4n) is 4.62. The number of aryl methyl sites for hydroxylation is 1. The zero-order chi connectivity index (χ0) is 25.6. The molecule has 0 unspecified atom stereocenters. The minimum atomic E-state index is -1.50. The molecule has 3 aromatic rings. The number of aromatic nitrogens is 2. The van der Waals surface area contributed by atoms with Crippen LogP contribution in [0, 0.1) is 23.5 Å². The first-order valence-corrected chi connectivity index (χ1v) is 11.2. The molecule has 0 bridgehead atoms. The molecule has 2 aliphatic rings. The molecular weight excluding hydrogens is 468 g/mol. The number of carbonyl (C=O) groups excluding carboxylic acids is 3. The molecule has 0 aliphatic carbocycles. The summed E-state index contributed by atoms with van der Waals surface area (Å²) in [4.78, 5) is 43.0. The first-order chi connectivity index (χ1) is 17.2. The maximum absolute atomic E-state index is 15.1. The number of urea groups is 1. The zero-order valence-corrected chi connectivity index (χ0v) is 19.5. The van der Waals surface area contributed by atoms with Crippen LogP contribution in [0.15, 0.2) is 54.7 Å². The third-order valence-corrected chi connectivity index (χ3v) is 6.45. The van der Waals surface area contributed by atoms with Crippen LogP contribution in [0.1, 0.15) is 24.5 Å². The van der Waals surface area contributed by atoms with Gasteiger partial charge in [-0.05, 0) is 31.2 Å². The molecule has 2 fully saturated rings. The quantitative estimate of drug-likeness (QED) is 0.519. The number of rotatable bonds is 2. The van der Waals surface area contributed by atoms with Crippen molar-refractivity contribution >= 4 is 29.4 Å². The summed E-state index contributed by atoms with van der Waals surface area (Å²) in [7, 11) is 1.68. The third-order valence-electron chi connectivity index (χ3n) is 6.45. The summed E-state index contributed by atoms with van der Waals surface area (Å²) in [6.45, 7) is 1.70. The Morgan fingerprint density at radius 1 is 0.944 bits per heavy atom. The minimum absolute atomic E-state index is 0.0549. The Balaban J connectivity index is 1.45. The number of benzene rings is 2. The number of piperazine rings is 1. The third kappa shape index (κ3) is 3.69. The Kier molecular flexibility index (Phi) is 5.55. The van der Waals surface area contributed by atoms with Crippen molar-refractivity contribution in [1.82, 2.24) is 14.7 Å². The van der Waals surface area contributed by atoms with Gasteiger partial charge in [0.25, 0.3) is 5.91 Å². The van der Waals surface area contributed by atoms with Crippen LogP contribution < -0.4 is 9.80 Å². The molecule has 36 heavy (non-hydrogen) atoms. The van der Waals surface area contributed by atoms with Crippen LogP contribution in [-0.4, -0.2) is 51.2 Å². The predicted octanol–water partition coefficient (Wildman–Crippen LogP) is 3.06. The van der Waals surface area contributed by atoms with Crippen molar-refractivity contribution in [2.75, 3.05) is 22.9 Å². The Morgan fingerprint density at radius 2 is 1.61 bits per heavy atom. The van der Waals surface area contributed by atoms with Gasteiger partial charge in [0.2, 0.25) is 5.91 Å². The molecule has 8 nitrogen and oxygen atoms in total. The average molecular weight is 489 g/mol. The predicted molar refractivity (Wildman–Crippen MR) is 127 cm³/mol. The fourth-order valence-corrected chi connectivity index (χ4v) is 4.62. The van der Waals surface area contributed by atoms with Crippen LogP contribution in [0.3, 0.4) is 0 Å². The molecule has 4 amide bonds. The van der Waals surface area contributed by atoms with Crippen LogP contribution in [0.5, 0.6) is 0 Å². The number of anilines is 2. The Labute approximate surface area is 205 Å². The molecule has 10 heteroatoms. The SMILES string of the molecule is Cn1nccc1N1CCN2C(=O)N(c3c(F)cc(C#Cc4ccccc4)cc3F)C(=O)C[C@@]2(C)C1=O. The lowest BCUT2D eigenvalue weighted by molar-refractivity contribution is -0.137. The first kappa shape index (κ1) is 23.2. The monoisotopic (exact) mass is 489 g/mol. The molecule has 182 valence electrons. The van der Waals surface area contributed by atoms with E-state index in [1.54, 1.807) is 37.4 Å². The van der Waals surface area contributed by atoms with Gasteiger partial charge >= 0.3 is 6.03 Å². The molecule has 0 N–H and O–H groups in total. The number of nitrogens with zero attached hydrogens (tertiary/aromatic N) is 5. The molecular formula is C26H21F2N5O3. The highest BCUT2D eigenvalue weighted by atomic mass is 19.1. The fraction of sp³-hybridized carbons (Fsp3) is 0.231. The number of fused-ring (bicyclic) bond motifs is 1. The topological polar surface area (TPSA) is 78.8 Å². The van der Waals surface area contributed by atoms with Crippen molar-refractivity contribution in [3.63, 3.8) is 0 Å². The summed E-state index contributed by atoms with van der Waals surface area (Å²) in [5.41, 5.74) is -1.56. The van der Waals surface area contributed by atoms with E-state index in [0.29, 0.717) is 16.3 Å². The van der Waals surface area contributed by atoms with Crippen LogP contribution in [0.4, 0.5) is 25.1 Å². The number of amides is 4. The Hall–Kier alpha value is -4.52. The van der Waals surface area contributed by atoms with E-state index in [1.807, 2.05) is 6.07 Å². The van der Waals surface area contributed by atoms with Crippen molar-refractivity contribution in [1.29, 1.82) is 0 Å². The van der Waals surface area contributed by atoms with E-state index in [0.717, 1.165) is 12.1 Å². The number of halogens is 2. The van der Waals surface area contributed by atoms with Gasteiger partial charge in [-0.2, -0.15) is 5.10 Å². The summed E-state index contributed by atoms with van der Waals surface area (Å²) in [6.07, 6.45) is 1.11. The van der Waals surface area contributed by atoms with Gasteiger partial charge in [0.15, 0.2) is 11.6 Å². The average Bonchev–Trinajstić information content (AvgIpc) is 3.26. The number of hydrogen-bond donors (Lipinski definition) is 0. The lowest BCUT2D eigenvalue weighted by atomic mass is 9.88. The van der Waals surface area contributed by atoms with E-state index in [1.165, 1.54) is 27.6 Å². The number of imide groups is 1. The summed E-state index contributed by atoms with van der Waals surface area (Å²) in [5, 5.41) is 4.07. The van der Waals surface area contributed by atoms with Gasteiger partial charge in [0, 0.05) is 37.3 Å². The molecule has 2 saturated heterocycles. The second-order valence-electron chi connectivity index (χ2n) is 8.79.